The summed E-state index contributed by atoms with van der Waals surface area (Å²) in [6, 6.07) is 26.1. The van der Waals surface area contributed by atoms with Crippen LogP contribution in [0.2, 0.25) is 0 Å². The van der Waals surface area contributed by atoms with Gasteiger partial charge in [0.2, 0.25) is 0 Å². The zero-order chi connectivity index (χ0) is 49.6. The van der Waals surface area contributed by atoms with E-state index in [0.717, 1.165) is 94.9 Å². The second kappa shape index (κ2) is 34.4. The van der Waals surface area contributed by atoms with Crippen LogP contribution in [0.25, 0.3) is 0 Å². The van der Waals surface area contributed by atoms with Crippen molar-refractivity contribution in [1.29, 1.82) is 0 Å². The lowest BCUT2D eigenvalue weighted by atomic mass is 9.82. The van der Waals surface area contributed by atoms with Crippen LogP contribution in [-0.2, 0) is 19.3 Å². The summed E-state index contributed by atoms with van der Waals surface area (Å²) in [5.41, 5.74) is 24.1. The van der Waals surface area contributed by atoms with Gasteiger partial charge < -0.3 is 31.4 Å². The second-order valence-electron chi connectivity index (χ2n) is 21.9. The minimum Gasteiger partial charge on any atom is -0.494 e. The summed E-state index contributed by atoms with van der Waals surface area (Å²) in [6.45, 7) is 16.0. The maximum absolute atomic E-state index is 6.57. The van der Waals surface area contributed by atoms with Gasteiger partial charge in [0.05, 0.1) is 19.8 Å². The largest absolute Gasteiger partial charge is 0.494 e. The lowest BCUT2D eigenvalue weighted by molar-refractivity contribution is 0.301. The lowest BCUT2D eigenvalue weighted by Gasteiger charge is -2.30. The van der Waals surface area contributed by atoms with Crippen molar-refractivity contribution in [2.45, 2.75) is 258 Å². The van der Waals surface area contributed by atoms with E-state index >= 15 is 0 Å². The molecule has 0 spiro atoms. The fourth-order valence-corrected chi connectivity index (χ4v) is 11.5. The number of ether oxygens (including phenoxy) is 3. The van der Waals surface area contributed by atoms with Crippen LogP contribution in [-0.4, -0.2) is 36.4 Å². The number of rotatable bonds is 30. The molecule has 3 fully saturated rings. The van der Waals surface area contributed by atoms with Crippen molar-refractivity contribution in [3.63, 3.8) is 0 Å². The van der Waals surface area contributed by atoms with Gasteiger partial charge in [-0.3, -0.25) is 0 Å². The van der Waals surface area contributed by atoms with E-state index in [9.17, 15) is 0 Å². The maximum atomic E-state index is 6.57. The molecular weight excluding hydrogens is 859 g/mol. The van der Waals surface area contributed by atoms with E-state index < -0.39 is 0 Å². The molecule has 6 heteroatoms. The van der Waals surface area contributed by atoms with Crippen molar-refractivity contribution in [3.05, 3.63) is 89.5 Å². The minimum atomic E-state index is 0. The van der Waals surface area contributed by atoms with Crippen molar-refractivity contribution in [3.8, 4) is 17.2 Å². The summed E-state index contributed by atoms with van der Waals surface area (Å²) in [4.78, 5) is 0. The molecule has 0 saturated heterocycles. The van der Waals surface area contributed by atoms with Gasteiger partial charge in [-0.15, -0.1) is 0 Å². The van der Waals surface area contributed by atoms with Crippen molar-refractivity contribution < 1.29 is 14.2 Å². The van der Waals surface area contributed by atoms with Gasteiger partial charge in [-0.1, -0.05) is 182 Å². The number of hydrogen-bond donors (Lipinski definition) is 3. The first-order valence-electron chi connectivity index (χ1n) is 29.0. The summed E-state index contributed by atoms with van der Waals surface area (Å²) in [6.07, 6.45) is 37.1. The van der Waals surface area contributed by atoms with Crippen LogP contribution < -0.4 is 31.4 Å². The van der Waals surface area contributed by atoms with Crippen LogP contribution in [0.1, 0.15) is 239 Å². The zero-order valence-corrected chi connectivity index (χ0v) is 45.5. The predicted molar refractivity (Wildman–Crippen MR) is 304 cm³/mol. The summed E-state index contributed by atoms with van der Waals surface area (Å²) < 4.78 is 17.5. The summed E-state index contributed by atoms with van der Waals surface area (Å²) >= 11 is 0. The molecule has 6 rings (SSSR count). The summed E-state index contributed by atoms with van der Waals surface area (Å²) in [5, 5.41) is 0. The van der Waals surface area contributed by atoms with E-state index in [1.54, 1.807) is 0 Å². The highest BCUT2D eigenvalue weighted by Gasteiger charge is 2.39. The standard InChI is InChI=1S/3C21H35NO.CH4/c3*1-3-5-6-7-8-16-23-20-13-11-18(12-14-20)17-19-10-9-15-21(19,22)4-2;/h3*11-14,19H,3-10,15-17,22H2,1-2H3;1H4/t19-,21+;2*19-,21-;/m010./s1. The van der Waals surface area contributed by atoms with Gasteiger partial charge >= 0.3 is 0 Å². The summed E-state index contributed by atoms with van der Waals surface area (Å²) in [5.74, 6) is 4.93. The van der Waals surface area contributed by atoms with Crippen molar-refractivity contribution >= 4 is 0 Å². The molecule has 0 aromatic heterocycles. The molecule has 3 aliphatic carbocycles. The van der Waals surface area contributed by atoms with Crippen LogP contribution >= 0.6 is 0 Å². The Balaban J connectivity index is 0.000000276. The number of unbranched alkanes of at least 4 members (excludes halogenated alkanes) is 12. The molecule has 3 aromatic carbocycles. The van der Waals surface area contributed by atoms with E-state index in [1.165, 1.54) is 152 Å². The molecule has 6 nitrogen and oxygen atoms in total. The Kier molecular flexibility index (Phi) is 30.1. The van der Waals surface area contributed by atoms with Crippen LogP contribution in [0.15, 0.2) is 72.8 Å². The van der Waals surface area contributed by atoms with Crippen LogP contribution in [0.4, 0.5) is 0 Å². The molecule has 398 valence electrons. The molecular formula is C64H109N3O3. The smallest absolute Gasteiger partial charge is 0.119 e. The van der Waals surface area contributed by atoms with Gasteiger partial charge in [0.25, 0.3) is 0 Å². The number of hydrogen-bond acceptors (Lipinski definition) is 6. The van der Waals surface area contributed by atoms with Gasteiger partial charge in [0.1, 0.15) is 17.2 Å². The normalized spacial score (nSPS) is 23.7. The van der Waals surface area contributed by atoms with Crippen molar-refractivity contribution in [2.75, 3.05) is 19.8 Å². The topological polar surface area (TPSA) is 106 Å². The molecule has 6 N–H and O–H groups in total. The van der Waals surface area contributed by atoms with Crippen LogP contribution in [0.5, 0.6) is 17.2 Å². The molecule has 3 aliphatic rings. The third kappa shape index (κ3) is 21.6. The average Bonchev–Trinajstić information content (AvgIpc) is 4.06. The van der Waals surface area contributed by atoms with E-state index in [4.69, 9.17) is 31.4 Å². The molecule has 0 bridgehead atoms. The molecule has 0 amide bonds. The molecule has 3 saturated carbocycles. The highest BCUT2D eigenvalue weighted by molar-refractivity contribution is 5.30. The van der Waals surface area contributed by atoms with Gasteiger partial charge in [0, 0.05) is 16.6 Å². The first-order valence-corrected chi connectivity index (χ1v) is 29.0. The van der Waals surface area contributed by atoms with E-state index in [1.807, 2.05) is 0 Å². The molecule has 3 aromatic rings. The van der Waals surface area contributed by atoms with E-state index in [-0.39, 0.29) is 24.0 Å². The number of nitrogens with two attached hydrogens (primary N) is 3. The SMILES string of the molecule is C.CCCCCCCOc1ccc(C[C@@H]2CCC[C@@]2(N)CC)cc1.CCCCCCCOc1ccc(C[C@@H]2CCC[C@]2(N)CC)cc1.CCCCCCCOc1ccc(C[C@H]2CCC[C@]2(N)CC)cc1. The molecule has 0 aliphatic heterocycles. The quantitative estimate of drug-likeness (QED) is 0.0575. The first-order chi connectivity index (χ1) is 33.5. The molecule has 0 radical (unpaired) electrons. The van der Waals surface area contributed by atoms with Gasteiger partial charge in [0.15, 0.2) is 0 Å². The highest BCUT2D eigenvalue weighted by atomic mass is 16.5. The van der Waals surface area contributed by atoms with Crippen LogP contribution in [0, 0.1) is 17.8 Å². The fraction of sp³-hybridized carbons (Fsp3) is 0.719. The third-order valence-electron chi connectivity index (χ3n) is 16.8. The van der Waals surface area contributed by atoms with Crippen LogP contribution in [0.3, 0.4) is 0 Å². The highest BCUT2D eigenvalue weighted by Crippen LogP contribution is 2.40. The maximum Gasteiger partial charge on any atom is 0.119 e. The number of benzene rings is 3. The second-order valence-corrected chi connectivity index (χ2v) is 21.9. The van der Waals surface area contributed by atoms with Crippen molar-refractivity contribution in [1.82, 2.24) is 0 Å². The Bertz CT molecular complexity index is 1530. The van der Waals surface area contributed by atoms with Gasteiger partial charge in [-0.05, 0) is 167 Å². The monoisotopic (exact) mass is 968 g/mol. The molecule has 0 unspecified atom stereocenters. The van der Waals surface area contributed by atoms with Crippen molar-refractivity contribution in [2.24, 2.45) is 35.0 Å². The third-order valence-corrected chi connectivity index (χ3v) is 16.8. The first kappa shape index (κ1) is 61.2. The zero-order valence-electron chi connectivity index (χ0n) is 45.5. The Morgan fingerprint density at radius 2 is 0.614 bits per heavy atom. The average molecular weight is 969 g/mol. The fourth-order valence-electron chi connectivity index (χ4n) is 11.5. The Morgan fingerprint density at radius 3 is 0.843 bits per heavy atom. The van der Waals surface area contributed by atoms with Gasteiger partial charge in [-0.2, -0.15) is 0 Å². The van der Waals surface area contributed by atoms with E-state index in [0.29, 0.717) is 17.8 Å². The van der Waals surface area contributed by atoms with E-state index in [2.05, 4.69) is 114 Å². The van der Waals surface area contributed by atoms with Gasteiger partial charge in [-0.25, -0.2) is 0 Å². The summed E-state index contributed by atoms with van der Waals surface area (Å²) in [7, 11) is 0. The Hall–Kier alpha value is -3.06. The Morgan fingerprint density at radius 1 is 0.371 bits per heavy atom. The lowest BCUT2D eigenvalue weighted by Crippen LogP contribution is -2.43. The minimum absolute atomic E-state index is 0. The molecule has 70 heavy (non-hydrogen) atoms. The predicted octanol–water partition coefficient (Wildman–Crippen LogP) is 17.1. The molecule has 6 atom stereocenters. The molecule has 0 heterocycles. The Labute approximate surface area is 432 Å².